The van der Waals surface area contributed by atoms with Crippen LogP contribution in [-0.2, 0) is 4.79 Å². The van der Waals surface area contributed by atoms with Gasteiger partial charge in [0.15, 0.2) is 0 Å². The van der Waals surface area contributed by atoms with Gasteiger partial charge in [-0.05, 0) is 49.9 Å². The number of amides is 1. The normalized spacial score (nSPS) is 25.5. The topological polar surface area (TPSA) is 32.3 Å². The Morgan fingerprint density at radius 3 is 2.62 bits per heavy atom. The van der Waals surface area contributed by atoms with Crippen LogP contribution in [0.1, 0.15) is 37.3 Å². The number of nitrogens with zero attached hydrogens (tertiary/aromatic N) is 1. The van der Waals surface area contributed by atoms with Crippen LogP contribution in [0.5, 0.6) is 0 Å². The fourth-order valence-corrected chi connectivity index (χ4v) is 3.33. The van der Waals surface area contributed by atoms with Gasteiger partial charge in [-0.25, -0.2) is 4.39 Å². The molecule has 2 unspecified atom stereocenters. The molecule has 2 aliphatic rings. The molecular formula is C16H22ClFN2O. The molecule has 0 spiro atoms. The van der Waals surface area contributed by atoms with Crippen molar-refractivity contribution < 1.29 is 9.18 Å². The summed E-state index contributed by atoms with van der Waals surface area (Å²) in [7, 11) is 0. The molecule has 2 atom stereocenters. The summed E-state index contributed by atoms with van der Waals surface area (Å²) in [4.78, 5) is 14.7. The van der Waals surface area contributed by atoms with Crippen LogP contribution in [0.25, 0.3) is 0 Å². The van der Waals surface area contributed by atoms with E-state index in [1.54, 1.807) is 0 Å². The van der Waals surface area contributed by atoms with Gasteiger partial charge in [0.25, 0.3) is 0 Å². The molecule has 21 heavy (non-hydrogen) atoms. The fourth-order valence-electron chi connectivity index (χ4n) is 3.33. The molecule has 2 fully saturated rings. The quantitative estimate of drug-likeness (QED) is 0.910. The number of carbonyl (C=O) groups excluding carboxylic acids is 1. The smallest absolute Gasteiger partial charge is 0.227 e. The molecule has 2 heterocycles. The summed E-state index contributed by atoms with van der Waals surface area (Å²) in [5.74, 6) is 0.169. The maximum Gasteiger partial charge on any atom is 0.227 e. The summed E-state index contributed by atoms with van der Waals surface area (Å²) >= 11 is 0. The number of hydrogen-bond donors (Lipinski definition) is 1. The van der Waals surface area contributed by atoms with Crippen LogP contribution in [0.3, 0.4) is 0 Å². The molecule has 1 amide bonds. The van der Waals surface area contributed by atoms with Gasteiger partial charge in [-0.3, -0.25) is 4.79 Å². The Labute approximate surface area is 131 Å². The summed E-state index contributed by atoms with van der Waals surface area (Å²) in [5, 5.41) is 3.26. The zero-order valence-electron chi connectivity index (χ0n) is 12.1. The highest BCUT2D eigenvalue weighted by atomic mass is 35.5. The van der Waals surface area contributed by atoms with Crippen LogP contribution in [0, 0.1) is 11.7 Å². The van der Waals surface area contributed by atoms with Gasteiger partial charge in [0.05, 0.1) is 12.0 Å². The average Bonchev–Trinajstić information content (AvgIpc) is 3.02. The highest BCUT2D eigenvalue weighted by molar-refractivity contribution is 5.85. The average molecular weight is 313 g/mol. The lowest BCUT2D eigenvalue weighted by Crippen LogP contribution is -2.42. The first-order valence-electron chi connectivity index (χ1n) is 7.52. The third-order valence-corrected chi connectivity index (χ3v) is 4.45. The van der Waals surface area contributed by atoms with E-state index in [-0.39, 0.29) is 36.1 Å². The van der Waals surface area contributed by atoms with Crippen molar-refractivity contribution in [2.45, 2.75) is 31.7 Å². The second-order valence-corrected chi connectivity index (χ2v) is 5.78. The van der Waals surface area contributed by atoms with Gasteiger partial charge in [0.2, 0.25) is 5.91 Å². The summed E-state index contributed by atoms with van der Waals surface area (Å²) in [6.07, 6.45) is 4.13. The van der Waals surface area contributed by atoms with Crippen LogP contribution in [0.15, 0.2) is 24.3 Å². The SMILES string of the molecule is Cl.O=C(C1CCNC1)N1CCCCC1c1ccc(F)cc1. The lowest BCUT2D eigenvalue weighted by Gasteiger charge is -2.37. The van der Waals surface area contributed by atoms with Crippen molar-refractivity contribution in [2.75, 3.05) is 19.6 Å². The second-order valence-electron chi connectivity index (χ2n) is 5.78. The molecule has 3 rings (SSSR count). The third-order valence-electron chi connectivity index (χ3n) is 4.45. The molecule has 2 saturated heterocycles. The molecule has 116 valence electrons. The number of likely N-dealkylation sites (tertiary alicyclic amines) is 1. The molecule has 0 bridgehead atoms. The van der Waals surface area contributed by atoms with Gasteiger partial charge in [0, 0.05) is 13.1 Å². The Hall–Kier alpha value is -1.13. The molecule has 2 aliphatic heterocycles. The minimum atomic E-state index is -0.220. The van der Waals surface area contributed by atoms with Gasteiger partial charge in [-0.15, -0.1) is 12.4 Å². The Balaban J connectivity index is 0.00000161. The predicted octanol–water partition coefficient (Wildman–Crippen LogP) is 2.91. The van der Waals surface area contributed by atoms with E-state index in [1.807, 2.05) is 17.0 Å². The molecule has 0 saturated carbocycles. The summed E-state index contributed by atoms with van der Waals surface area (Å²) < 4.78 is 13.1. The van der Waals surface area contributed by atoms with Crippen LogP contribution < -0.4 is 5.32 Å². The minimum absolute atomic E-state index is 0. The second kappa shape index (κ2) is 7.23. The van der Waals surface area contributed by atoms with Crippen molar-refractivity contribution >= 4 is 18.3 Å². The van der Waals surface area contributed by atoms with Crippen molar-refractivity contribution in [3.05, 3.63) is 35.6 Å². The van der Waals surface area contributed by atoms with Crippen molar-refractivity contribution in [3.8, 4) is 0 Å². The molecule has 1 aromatic rings. The third kappa shape index (κ3) is 3.55. The number of hydrogen-bond acceptors (Lipinski definition) is 2. The van der Waals surface area contributed by atoms with Crippen LogP contribution >= 0.6 is 12.4 Å². The maximum atomic E-state index is 13.1. The molecule has 0 aliphatic carbocycles. The molecule has 0 radical (unpaired) electrons. The summed E-state index contributed by atoms with van der Waals surface area (Å²) in [6.45, 7) is 2.56. The highest BCUT2D eigenvalue weighted by Gasteiger charge is 2.33. The molecule has 1 N–H and O–H groups in total. The highest BCUT2D eigenvalue weighted by Crippen LogP contribution is 2.32. The Morgan fingerprint density at radius 1 is 1.19 bits per heavy atom. The monoisotopic (exact) mass is 312 g/mol. The first-order chi connectivity index (χ1) is 9.75. The summed E-state index contributed by atoms with van der Waals surface area (Å²) in [6, 6.07) is 6.74. The van der Waals surface area contributed by atoms with E-state index in [4.69, 9.17) is 0 Å². The van der Waals surface area contributed by atoms with Gasteiger partial charge >= 0.3 is 0 Å². The Bertz CT molecular complexity index is 474. The standard InChI is InChI=1S/C16H21FN2O.ClH/c17-14-6-4-12(5-7-14)15-3-1-2-10-19(15)16(20)13-8-9-18-11-13;/h4-7,13,15,18H,1-3,8-11H2;1H. The predicted molar refractivity (Wildman–Crippen MR) is 82.9 cm³/mol. The van der Waals surface area contributed by atoms with E-state index in [0.717, 1.165) is 50.9 Å². The minimum Gasteiger partial charge on any atom is -0.335 e. The summed E-state index contributed by atoms with van der Waals surface area (Å²) in [5.41, 5.74) is 1.06. The van der Waals surface area contributed by atoms with E-state index in [1.165, 1.54) is 12.1 Å². The molecule has 0 aromatic heterocycles. The van der Waals surface area contributed by atoms with Crippen molar-refractivity contribution in [3.63, 3.8) is 0 Å². The van der Waals surface area contributed by atoms with Gasteiger partial charge in [-0.2, -0.15) is 0 Å². The van der Waals surface area contributed by atoms with Crippen LogP contribution in [-0.4, -0.2) is 30.4 Å². The zero-order valence-corrected chi connectivity index (χ0v) is 12.9. The van der Waals surface area contributed by atoms with E-state index >= 15 is 0 Å². The Morgan fingerprint density at radius 2 is 1.95 bits per heavy atom. The van der Waals surface area contributed by atoms with Gasteiger partial charge in [-0.1, -0.05) is 12.1 Å². The largest absolute Gasteiger partial charge is 0.335 e. The van der Waals surface area contributed by atoms with Gasteiger partial charge in [0.1, 0.15) is 5.82 Å². The van der Waals surface area contributed by atoms with Gasteiger partial charge < -0.3 is 10.2 Å². The molecular weight excluding hydrogens is 291 g/mol. The fraction of sp³-hybridized carbons (Fsp3) is 0.562. The maximum absolute atomic E-state index is 13.1. The van der Waals surface area contributed by atoms with E-state index in [9.17, 15) is 9.18 Å². The number of rotatable bonds is 2. The zero-order chi connectivity index (χ0) is 13.9. The first kappa shape index (κ1) is 16.2. The number of piperidine rings is 1. The Kier molecular flexibility index (Phi) is 5.59. The van der Waals surface area contributed by atoms with Crippen LogP contribution in [0.2, 0.25) is 0 Å². The molecule has 1 aromatic carbocycles. The van der Waals surface area contributed by atoms with Crippen molar-refractivity contribution in [2.24, 2.45) is 5.92 Å². The number of carbonyl (C=O) groups is 1. The van der Waals surface area contributed by atoms with E-state index in [0.29, 0.717) is 0 Å². The van der Waals surface area contributed by atoms with Crippen molar-refractivity contribution in [1.29, 1.82) is 0 Å². The first-order valence-corrected chi connectivity index (χ1v) is 7.52. The molecule has 3 nitrogen and oxygen atoms in total. The number of nitrogens with one attached hydrogen (secondary N) is 1. The molecule has 5 heteroatoms. The lowest BCUT2D eigenvalue weighted by atomic mass is 9.93. The van der Waals surface area contributed by atoms with Crippen molar-refractivity contribution in [1.82, 2.24) is 10.2 Å². The lowest BCUT2D eigenvalue weighted by molar-refractivity contribution is -0.138. The van der Waals surface area contributed by atoms with E-state index in [2.05, 4.69) is 5.32 Å². The number of benzene rings is 1. The van der Waals surface area contributed by atoms with E-state index < -0.39 is 0 Å². The van der Waals surface area contributed by atoms with Crippen LogP contribution in [0.4, 0.5) is 4.39 Å². The number of halogens is 2.